The summed E-state index contributed by atoms with van der Waals surface area (Å²) in [5.41, 5.74) is 0. The van der Waals surface area contributed by atoms with E-state index in [0.717, 1.165) is 19.5 Å². The molecule has 0 saturated carbocycles. The minimum Gasteiger partial charge on any atom is -0.468 e. The van der Waals surface area contributed by atoms with E-state index in [1.54, 1.807) is 4.90 Å². The summed E-state index contributed by atoms with van der Waals surface area (Å²) in [5.74, 6) is -0.232. The molecule has 0 spiro atoms. The fourth-order valence-electron chi connectivity index (χ4n) is 1.82. The second-order valence-corrected chi connectivity index (χ2v) is 4.07. The van der Waals surface area contributed by atoms with Crippen LogP contribution in [0.5, 0.6) is 0 Å². The van der Waals surface area contributed by atoms with E-state index in [4.69, 9.17) is 0 Å². The molecule has 1 aliphatic rings. The van der Waals surface area contributed by atoms with Gasteiger partial charge in [0.2, 0.25) is 0 Å². The first-order valence-electron chi connectivity index (χ1n) is 5.99. The SMILES string of the molecule is CCCN(CCN1CCNC1=O)CC(=O)OC. The molecule has 0 bridgehead atoms. The highest BCUT2D eigenvalue weighted by Crippen LogP contribution is 1.99. The van der Waals surface area contributed by atoms with Gasteiger partial charge < -0.3 is 15.0 Å². The molecule has 1 N–H and O–H groups in total. The van der Waals surface area contributed by atoms with E-state index in [0.29, 0.717) is 26.2 Å². The highest BCUT2D eigenvalue weighted by Gasteiger charge is 2.20. The molecule has 0 aromatic rings. The van der Waals surface area contributed by atoms with Gasteiger partial charge in [-0.1, -0.05) is 6.92 Å². The third-order valence-corrected chi connectivity index (χ3v) is 2.75. The zero-order valence-corrected chi connectivity index (χ0v) is 10.6. The molecule has 98 valence electrons. The van der Waals surface area contributed by atoms with E-state index < -0.39 is 0 Å². The maximum Gasteiger partial charge on any atom is 0.319 e. The van der Waals surface area contributed by atoms with Crippen LogP contribution in [0.1, 0.15) is 13.3 Å². The van der Waals surface area contributed by atoms with Crippen molar-refractivity contribution in [2.45, 2.75) is 13.3 Å². The molecule has 2 amide bonds. The van der Waals surface area contributed by atoms with Gasteiger partial charge in [-0.05, 0) is 13.0 Å². The molecule has 1 heterocycles. The van der Waals surface area contributed by atoms with Crippen molar-refractivity contribution in [2.75, 3.05) is 46.4 Å². The highest BCUT2D eigenvalue weighted by atomic mass is 16.5. The van der Waals surface area contributed by atoms with Crippen molar-refractivity contribution in [3.63, 3.8) is 0 Å². The van der Waals surface area contributed by atoms with Gasteiger partial charge in [0.1, 0.15) is 0 Å². The topological polar surface area (TPSA) is 61.9 Å². The van der Waals surface area contributed by atoms with E-state index in [9.17, 15) is 9.59 Å². The van der Waals surface area contributed by atoms with E-state index in [-0.39, 0.29) is 12.0 Å². The summed E-state index contributed by atoms with van der Waals surface area (Å²) < 4.78 is 4.65. The quantitative estimate of drug-likeness (QED) is 0.634. The second-order valence-electron chi connectivity index (χ2n) is 4.07. The Labute approximate surface area is 102 Å². The molecule has 0 aliphatic carbocycles. The molecule has 17 heavy (non-hydrogen) atoms. The van der Waals surface area contributed by atoms with Crippen LogP contribution in [0.25, 0.3) is 0 Å². The summed E-state index contributed by atoms with van der Waals surface area (Å²) in [5, 5.41) is 2.75. The number of methoxy groups -OCH3 is 1. The molecule has 1 fully saturated rings. The normalized spacial score (nSPS) is 15.2. The predicted octanol–water partition coefficient (Wildman–Crippen LogP) is -0.103. The second kappa shape index (κ2) is 7.11. The molecule has 6 heteroatoms. The van der Waals surface area contributed by atoms with Gasteiger partial charge in [-0.3, -0.25) is 9.69 Å². The van der Waals surface area contributed by atoms with Crippen LogP contribution in [-0.2, 0) is 9.53 Å². The molecule has 1 aliphatic heterocycles. The van der Waals surface area contributed by atoms with Crippen molar-refractivity contribution in [1.82, 2.24) is 15.1 Å². The lowest BCUT2D eigenvalue weighted by atomic mass is 10.3. The number of urea groups is 1. The van der Waals surface area contributed by atoms with Crippen molar-refractivity contribution in [3.05, 3.63) is 0 Å². The Morgan fingerprint density at radius 2 is 2.29 bits per heavy atom. The molecule has 0 aromatic carbocycles. The maximum absolute atomic E-state index is 11.3. The summed E-state index contributed by atoms with van der Waals surface area (Å²) in [6.45, 7) is 6.01. The van der Waals surface area contributed by atoms with Crippen molar-refractivity contribution < 1.29 is 14.3 Å². The van der Waals surface area contributed by atoms with E-state index >= 15 is 0 Å². The summed E-state index contributed by atoms with van der Waals surface area (Å²) in [6.07, 6.45) is 0.975. The highest BCUT2D eigenvalue weighted by molar-refractivity contribution is 5.76. The Morgan fingerprint density at radius 1 is 1.53 bits per heavy atom. The largest absolute Gasteiger partial charge is 0.468 e. The van der Waals surface area contributed by atoms with Crippen LogP contribution >= 0.6 is 0 Å². The molecule has 1 rings (SSSR count). The Morgan fingerprint density at radius 3 is 2.82 bits per heavy atom. The summed E-state index contributed by atoms with van der Waals surface area (Å²) in [7, 11) is 1.39. The minimum absolute atomic E-state index is 0.0143. The third-order valence-electron chi connectivity index (χ3n) is 2.75. The number of esters is 1. The summed E-state index contributed by atoms with van der Waals surface area (Å²) in [6, 6.07) is -0.0143. The van der Waals surface area contributed by atoms with Gasteiger partial charge in [0.25, 0.3) is 0 Å². The van der Waals surface area contributed by atoms with Crippen LogP contribution in [0.2, 0.25) is 0 Å². The van der Waals surface area contributed by atoms with E-state index in [1.807, 2.05) is 4.90 Å². The van der Waals surface area contributed by atoms with Crippen LogP contribution in [0.4, 0.5) is 4.79 Å². The smallest absolute Gasteiger partial charge is 0.319 e. The number of ether oxygens (including phenoxy) is 1. The molecular formula is C11H21N3O3. The van der Waals surface area contributed by atoms with Gasteiger partial charge in [-0.2, -0.15) is 0 Å². The number of nitrogens with zero attached hydrogens (tertiary/aromatic N) is 2. The van der Waals surface area contributed by atoms with E-state index in [2.05, 4.69) is 17.0 Å². The molecule has 0 radical (unpaired) electrons. The lowest BCUT2D eigenvalue weighted by Crippen LogP contribution is -2.39. The maximum atomic E-state index is 11.3. The van der Waals surface area contributed by atoms with Gasteiger partial charge in [-0.15, -0.1) is 0 Å². The summed E-state index contributed by atoms with van der Waals surface area (Å²) in [4.78, 5) is 26.3. The van der Waals surface area contributed by atoms with Crippen molar-refractivity contribution in [3.8, 4) is 0 Å². The number of hydrogen-bond donors (Lipinski definition) is 1. The standard InChI is InChI=1S/C11H21N3O3/c1-3-5-13(9-10(15)17-2)7-8-14-6-4-12-11(14)16/h3-9H2,1-2H3,(H,12,16). The van der Waals surface area contributed by atoms with Gasteiger partial charge in [-0.25, -0.2) is 4.79 Å². The van der Waals surface area contributed by atoms with Crippen molar-refractivity contribution in [2.24, 2.45) is 0 Å². The fraction of sp³-hybridized carbons (Fsp3) is 0.818. The Hall–Kier alpha value is -1.30. The molecular weight excluding hydrogens is 222 g/mol. The first-order valence-corrected chi connectivity index (χ1v) is 5.99. The van der Waals surface area contributed by atoms with Crippen LogP contribution in [-0.4, -0.2) is 68.2 Å². The number of carbonyl (C=O) groups is 2. The lowest BCUT2D eigenvalue weighted by molar-refractivity contribution is -0.141. The van der Waals surface area contributed by atoms with Gasteiger partial charge in [0.15, 0.2) is 0 Å². The van der Waals surface area contributed by atoms with Crippen LogP contribution in [0.3, 0.4) is 0 Å². The molecule has 1 saturated heterocycles. The molecule has 0 unspecified atom stereocenters. The lowest BCUT2D eigenvalue weighted by Gasteiger charge is -2.23. The minimum atomic E-state index is -0.232. The summed E-state index contributed by atoms with van der Waals surface area (Å²) >= 11 is 0. The first-order chi connectivity index (χ1) is 8.17. The monoisotopic (exact) mass is 243 g/mol. The van der Waals surface area contributed by atoms with Gasteiger partial charge in [0, 0.05) is 26.2 Å². The number of rotatable bonds is 7. The van der Waals surface area contributed by atoms with Crippen LogP contribution < -0.4 is 5.32 Å². The van der Waals surface area contributed by atoms with E-state index in [1.165, 1.54) is 7.11 Å². The number of hydrogen-bond acceptors (Lipinski definition) is 4. The zero-order chi connectivity index (χ0) is 12.7. The zero-order valence-electron chi connectivity index (χ0n) is 10.6. The first kappa shape index (κ1) is 13.8. The average molecular weight is 243 g/mol. The molecule has 0 atom stereocenters. The van der Waals surface area contributed by atoms with Crippen molar-refractivity contribution >= 4 is 12.0 Å². The predicted molar refractivity (Wildman–Crippen MR) is 63.7 cm³/mol. The number of nitrogens with one attached hydrogen (secondary N) is 1. The molecule has 6 nitrogen and oxygen atoms in total. The van der Waals surface area contributed by atoms with Crippen LogP contribution in [0, 0.1) is 0 Å². The Bertz CT molecular complexity index is 271. The number of amides is 2. The third kappa shape index (κ3) is 4.60. The fourth-order valence-corrected chi connectivity index (χ4v) is 1.82. The molecule has 0 aromatic heterocycles. The van der Waals surface area contributed by atoms with Gasteiger partial charge >= 0.3 is 12.0 Å². The average Bonchev–Trinajstić information content (AvgIpc) is 2.72. The van der Waals surface area contributed by atoms with Crippen LogP contribution in [0.15, 0.2) is 0 Å². The van der Waals surface area contributed by atoms with Gasteiger partial charge in [0.05, 0.1) is 13.7 Å². The Kier molecular flexibility index (Phi) is 5.76. The Balaban J connectivity index is 2.32. The number of carbonyl (C=O) groups excluding carboxylic acids is 2. The van der Waals surface area contributed by atoms with Crippen molar-refractivity contribution in [1.29, 1.82) is 0 Å².